The first kappa shape index (κ1) is 40.8. The summed E-state index contributed by atoms with van der Waals surface area (Å²) in [5.41, 5.74) is 1.93. The molecule has 4 aromatic carbocycles. The predicted molar refractivity (Wildman–Crippen MR) is 214 cm³/mol. The van der Waals surface area contributed by atoms with Gasteiger partial charge in [0.15, 0.2) is 50.4 Å². The number of phenols is 4. The monoisotopic (exact) mass is 834 g/mol. The lowest BCUT2D eigenvalue weighted by atomic mass is 9.93. The molecule has 2 aliphatic rings. The molecule has 6 N–H and O–H groups in total. The summed E-state index contributed by atoms with van der Waals surface area (Å²) in [6.45, 7) is 0.121. The van der Waals surface area contributed by atoms with Crippen LogP contribution in [-0.4, -0.2) is 85.4 Å². The number of β-lactam (4-membered cyclic amide) rings is 1. The maximum absolute atomic E-state index is 14.6. The van der Waals surface area contributed by atoms with Gasteiger partial charge in [-0.2, -0.15) is 0 Å². The molecule has 0 saturated carbocycles. The largest absolute Gasteiger partial charge is 0.504 e. The van der Waals surface area contributed by atoms with Crippen LogP contribution >= 0.6 is 0 Å². The number of esters is 1. The summed E-state index contributed by atoms with van der Waals surface area (Å²) in [6, 6.07) is 26.3. The number of pyridine rings is 1. The lowest BCUT2D eigenvalue weighted by molar-refractivity contribution is -0.161. The zero-order valence-electron chi connectivity index (χ0n) is 31.8. The molecule has 2 aliphatic heterocycles. The molecule has 2 fully saturated rings. The molecule has 3 amide bonds. The predicted octanol–water partition coefficient (Wildman–Crippen LogP) is 4.20. The Balaban J connectivity index is 1.17. The third-order valence-electron chi connectivity index (χ3n) is 10.3. The third kappa shape index (κ3) is 7.89. The molecular weight excluding hydrogens is 797 g/mol. The van der Waals surface area contributed by atoms with Crippen molar-refractivity contribution < 1.29 is 57.5 Å². The lowest BCUT2D eigenvalue weighted by Gasteiger charge is -2.39. The third-order valence-corrected chi connectivity index (χ3v) is 13.0. The summed E-state index contributed by atoms with van der Waals surface area (Å²) in [5.74, 6) is -3.93. The lowest BCUT2D eigenvalue weighted by Crippen LogP contribution is -2.60. The van der Waals surface area contributed by atoms with E-state index in [-0.39, 0.29) is 47.2 Å². The molecule has 3 atom stereocenters. The molecule has 0 bridgehead atoms. The second kappa shape index (κ2) is 16.5. The standard InChI is InChI=1S/C43H38N4O12S/c1-43(24-58-42(55)46-23-26-13-15-33(49)35(51)19-26)37(41(54)59-36(27-8-4-2-5-9-27)28-10-6-3-7-11-28)47-39(53)31(40(47)60(43,56)57)21-30-20-29(16-17-44-30)38(52)45-22-25-12-14-32(48)34(50)18-25/h2-21,36-37,40,48-51H,22-24H2,1H3,(H,45,52)(H,46,55)/b31-21-/t37-,40+,43-/m0/s1. The maximum Gasteiger partial charge on any atom is 0.407 e. The van der Waals surface area contributed by atoms with E-state index >= 15 is 0 Å². The molecule has 3 heterocycles. The second-order valence-electron chi connectivity index (χ2n) is 14.3. The van der Waals surface area contributed by atoms with Crippen molar-refractivity contribution in [3.8, 4) is 23.0 Å². The van der Waals surface area contributed by atoms with Crippen molar-refractivity contribution in [3.63, 3.8) is 0 Å². The van der Waals surface area contributed by atoms with E-state index in [1.165, 1.54) is 67.7 Å². The number of fused-ring (bicyclic) bond motifs is 1. The maximum atomic E-state index is 14.6. The molecule has 0 aliphatic carbocycles. The molecule has 16 nitrogen and oxygen atoms in total. The van der Waals surface area contributed by atoms with Gasteiger partial charge >= 0.3 is 12.1 Å². The van der Waals surface area contributed by atoms with Crippen molar-refractivity contribution in [2.75, 3.05) is 6.61 Å². The van der Waals surface area contributed by atoms with Gasteiger partial charge in [-0.05, 0) is 71.7 Å². The van der Waals surface area contributed by atoms with Crippen LogP contribution in [0.1, 0.15) is 51.3 Å². The molecule has 308 valence electrons. The Kier molecular flexibility index (Phi) is 11.2. The van der Waals surface area contributed by atoms with E-state index in [0.717, 1.165) is 4.90 Å². The first-order valence-corrected chi connectivity index (χ1v) is 20.0. The highest BCUT2D eigenvalue weighted by Crippen LogP contribution is 2.50. The first-order valence-electron chi connectivity index (χ1n) is 18.4. The van der Waals surface area contributed by atoms with Crippen molar-refractivity contribution in [2.24, 2.45) is 0 Å². The first-order chi connectivity index (χ1) is 28.7. The number of ether oxygens (including phenoxy) is 2. The number of rotatable bonds is 12. The van der Waals surface area contributed by atoms with Gasteiger partial charge in [-0.1, -0.05) is 72.8 Å². The van der Waals surface area contributed by atoms with Crippen LogP contribution in [0.15, 0.2) is 121 Å². The van der Waals surface area contributed by atoms with Crippen LogP contribution in [0.25, 0.3) is 6.08 Å². The van der Waals surface area contributed by atoms with Gasteiger partial charge in [-0.3, -0.25) is 14.6 Å². The number of aromatic hydroxyl groups is 4. The average Bonchev–Trinajstić information content (AvgIpc) is 3.41. The smallest absolute Gasteiger partial charge is 0.407 e. The summed E-state index contributed by atoms with van der Waals surface area (Å²) in [4.78, 5) is 59.6. The highest BCUT2D eigenvalue weighted by molar-refractivity contribution is 7.94. The van der Waals surface area contributed by atoms with E-state index < -0.39 is 68.3 Å². The number of amides is 3. The van der Waals surface area contributed by atoms with Crippen molar-refractivity contribution >= 4 is 39.8 Å². The van der Waals surface area contributed by atoms with Gasteiger partial charge in [-0.25, -0.2) is 18.0 Å². The van der Waals surface area contributed by atoms with Crippen molar-refractivity contribution in [3.05, 3.63) is 154 Å². The van der Waals surface area contributed by atoms with Crippen LogP contribution in [-0.2, 0) is 42.0 Å². The van der Waals surface area contributed by atoms with Crippen LogP contribution in [0.5, 0.6) is 23.0 Å². The Morgan fingerprint density at radius 1 is 0.800 bits per heavy atom. The van der Waals surface area contributed by atoms with E-state index in [1.807, 2.05) is 0 Å². The Morgan fingerprint density at radius 2 is 1.37 bits per heavy atom. The molecule has 60 heavy (non-hydrogen) atoms. The SMILES string of the molecule is C[C@]1(COC(=O)NCc2ccc(O)c(O)c2)[C@H](C(=O)OC(c2ccccc2)c2ccccc2)N2C(=O)/C(=C/c3cc(C(=O)NCc4ccc(O)c(O)c4)ccn3)[C@H]2S1(=O)=O. The summed E-state index contributed by atoms with van der Waals surface area (Å²) < 4.78 is 38.6. The molecular formula is C43H38N4O12S. The number of nitrogens with one attached hydrogen (secondary N) is 2. The van der Waals surface area contributed by atoms with Gasteiger partial charge in [0.05, 0.1) is 11.3 Å². The number of sulfone groups is 1. The fourth-order valence-electron chi connectivity index (χ4n) is 7.05. The molecule has 0 unspecified atom stereocenters. The van der Waals surface area contributed by atoms with Gasteiger partial charge in [0, 0.05) is 24.8 Å². The topological polar surface area (TPSA) is 242 Å². The fourth-order valence-corrected chi connectivity index (χ4v) is 9.32. The van der Waals surface area contributed by atoms with Crippen LogP contribution in [0.4, 0.5) is 4.79 Å². The van der Waals surface area contributed by atoms with Gasteiger partial charge in [0.1, 0.15) is 11.4 Å². The number of benzene rings is 4. The van der Waals surface area contributed by atoms with Gasteiger partial charge in [0.2, 0.25) is 0 Å². The van der Waals surface area contributed by atoms with E-state index in [0.29, 0.717) is 22.3 Å². The molecule has 1 aromatic heterocycles. The Morgan fingerprint density at radius 3 is 1.93 bits per heavy atom. The second-order valence-corrected chi connectivity index (χ2v) is 16.8. The molecule has 7 rings (SSSR count). The molecule has 2 saturated heterocycles. The fraction of sp³-hybridized carbons (Fsp3) is 0.186. The van der Waals surface area contributed by atoms with Gasteiger partial charge in [-0.15, -0.1) is 0 Å². The van der Waals surface area contributed by atoms with E-state index in [9.17, 15) is 48.0 Å². The Bertz CT molecular complexity index is 2580. The van der Waals surface area contributed by atoms with E-state index in [1.54, 1.807) is 60.7 Å². The van der Waals surface area contributed by atoms with Crippen LogP contribution < -0.4 is 10.6 Å². The van der Waals surface area contributed by atoms with Crippen LogP contribution in [0.2, 0.25) is 0 Å². The zero-order chi connectivity index (χ0) is 42.8. The minimum Gasteiger partial charge on any atom is -0.504 e. The number of alkyl carbamates (subject to hydrolysis) is 1. The Labute approximate surface area is 343 Å². The number of hydrogen-bond donors (Lipinski definition) is 6. The number of aromatic nitrogens is 1. The molecule has 17 heteroatoms. The Hall–Kier alpha value is -7.40. The van der Waals surface area contributed by atoms with E-state index in [2.05, 4.69) is 15.6 Å². The zero-order valence-corrected chi connectivity index (χ0v) is 32.6. The molecule has 0 radical (unpaired) electrons. The van der Waals surface area contributed by atoms with E-state index in [4.69, 9.17) is 9.47 Å². The van der Waals surface area contributed by atoms with Crippen molar-refractivity contribution in [1.82, 2.24) is 20.5 Å². The molecule has 5 aromatic rings. The number of phenolic OH excluding ortho intramolecular Hbond substituents is 4. The number of carbonyl (C=O) groups is 4. The summed E-state index contributed by atoms with van der Waals surface area (Å²) in [5, 5.41) is 42.2. The van der Waals surface area contributed by atoms with Crippen LogP contribution in [0.3, 0.4) is 0 Å². The van der Waals surface area contributed by atoms with Gasteiger partial charge < -0.3 is 45.4 Å². The summed E-state index contributed by atoms with van der Waals surface area (Å²) >= 11 is 0. The minimum absolute atomic E-state index is 0.00878. The summed E-state index contributed by atoms with van der Waals surface area (Å²) in [7, 11) is -4.61. The highest BCUT2D eigenvalue weighted by atomic mass is 32.2. The minimum atomic E-state index is -4.61. The quantitative estimate of drug-likeness (QED) is 0.0448. The molecule has 0 spiro atoms. The van der Waals surface area contributed by atoms with Crippen LogP contribution in [0, 0.1) is 0 Å². The normalized spacial score (nSPS) is 19.6. The highest BCUT2D eigenvalue weighted by Gasteiger charge is 2.73. The van der Waals surface area contributed by atoms with Crippen molar-refractivity contribution in [1.29, 1.82) is 0 Å². The number of hydrogen-bond acceptors (Lipinski definition) is 13. The van der Waals surface area contributed by atoms with Gasteiger partial charge in [0.25, 0.3) is 11.8 Å². The van der Waals surface area contributed by atoms with Crippen molar-refractivity contribution in [2.45, 2.75) is 42.3 Å². The average molecular weight is 835 g/mol. The number of nitrogens with zero attached hydrogens (tertiary/aromatic N) is 2. The summed E-state index contributed by atoms with van der Waals surface area (Å²) in [6.07, 6.45) is 0.416. The number of carbonyl (C=O) groups excluding carboxylic acids is 4.